The molecule has 1 aromatic heterocycles. The molecule has 1 atom stereocenters. The van der Waals surface area contributed by atoms with Crippen LogP contribution in [0.15, 0.2) is 12.1 Å². The summed E-state index contributed by atoms with van der Waals surface area (Å²) in [6.07, 6.45) is 11.1. The van der Waals surface area contributed by atoms with Crippen molar-refractivity contribution in [3.8, 4) is 0 Å². The molecule has 0 aromatic carbocycles. The van der Waals surface area contributed by atoms with Gasteiger partial charge in [0.05, 0.1) is 0 Å². The largest absolute Gasteiger partial charge is 0.341 e. The number of hydrogen-bond acceptors (Lipinski definition) is 0. The number of allylic oxidation sites excluding steroid dienone is 1. The Morgan fingerprint density at radius 2 is 2.43 bits per heavy atom. The molecule has 0 fully saturated rings. The van der Waals surface area contributed by atoms with Crippen LogP contribution in [0.25, 0.3) is 6.08 Å². The zero-order valence-electron chi connectivity index (χ0n) is 8.79. The normalized spacial score (nSPS) is 22.8. The van der Waals surface area contributed by atoms with Gasteiger partial charge in [0, 0.05) is 17.4 Å². The molecule has 3 rings (SSSR count). The molecular weight excluding hydrogens is 170 g/mol. The van der Waals surface area contributed by atoms with E-state index in [4.69, 9.17) is 0 Å². The van der Waals surface area contributed by atoms with E-state index >= 15 is 0 Å². The van der Waals surface area contributed by atoms with Gasteiger partial charge in [-0.05, 0) is 43.4 Å². The molecule has 1 aromatic rings. The van der Waals surface area contributed by atoms with E-state index in [1.807, 2.05) is 0 Å². The van der Waals surface area contributed by atoms with E-state index in [1.54, 1.807) is 11.3 Å². The van der Waals surface area contributed by atoms with Crippen molar-refractivity contribution < 1.29 is 0 Å². The summed E-state index contributed by atoms with van der Waals surface area (Å²) in [5, 5.41) is 0. The van der Waals surface area contributed by atoms with Gasteiger partial charge in [-0.15, -0.1) is 0 Å². The first-order valence-corrected chi connectivity index (χ1v) is 5.79. The predicted octanol–water partition coefficient (Wildman–Crippen LogP) is 3.34. The topological polar surface area (TPSA) is 4.93 Å². The molecule has 0 unspecified atom stereocenters. The van der Waals surface area contributed by atoms with Crippen LogP contribution in [0.1, 0.15) is 49.2 Å². The molecule has 0 aliphatic carbocycles. The van der Waals surface area contributed by atoms with Crippen LogP contribution in [0.5, 0.6) is 0 Å². The van der Waals surface area contributed by atoms with Crippen molar-refractivity contribution in [3.63, 3.8) is 0 Å². The predicted molar refractivity (Wildman–Crippen MR) is 59.4 cm³/mol. The van der Waals surface area contributed by atoms with Crippen molar-refractivity contribution in [3.05, 3.63) is 29.1 Å². The van der Waals surface area contributed by atoms with E-state index in [9.17, 15) is 0 Å². The Bertz CT molecular complexity index is 384. The quantitative estimate of drug-likeness (QED) is 0.669. The van der Waals surface area contributed by atoms with E-state index in [-0.39, 0.29) is 0 Å². The standard InChI is InChI=1S/C13H17N/c1-2-4-10-9-12-6-3-5-11-7-8-13(10)14(11)12/h3,6,9,11H,2,4-5,7-8H2,1H3/t11-/m1/s1. The Kier molecular flexibility index (Phi) is 1.79. The number of hydrogen-bond donors (Lipinski definition) is 0. The van der Waals surface area contributed by atoms with Crippen molar-refractivity contribution >= 4 is 6.08 Å². The van der Waals surface area contributed by atoms with Crippen molar-refractivity contribution in [2.45, 2.75) is 45.1 Å². The summed E-state index contributed by atoms with van der Waals surface area (Å²) in [6, 6.07) is 3.19. The number of aryl methyl sites for hydroxylation is 1. The third-order valence-electron chi connectivity index (χ3n) is 3.56. The maximum absolute atomic E-state index is 2.59. The molecular formula is C13H17N. The van der Waals surface area contributed by atoms with Gasteiger partial charge in [-0.3, -0.25) is 0 Å². The highest BCUT2D eigenvalue weighted by atomic mass is 15.1. The zero-order chi connectivity index (χ0) is 9.54. The van der Waals surface area contributed by atoms with Crippen molar-refractivity contribution in [2.24, 2.45) is 0 Å². The molecule has 2 aliphatic rings. The fourth-order valence-corrected chi connectivity index (χ4v) is 2.97. The first-order chi connectivity index (χ1) is 6.90. The van der Waals surface area contributed by atoms with Crippen LogP contribution in [0.4, 0.5) is 0 Å². The summed E-state index contributed by atoms with van der Waals surface area (Å²) < 4.78 is 2.59. The van der Waals surface area contributed by atoms with Crippen LogP contribution in [0, 0.1) is 0 Å². The molecule has 0 N–H and O–H groups in total. The van der Waals surface area contributed by atoms with E-state index < -0.39 is 0 Å². The van der Waals surface area contributed by atoms with E-state index in [1.165, 1.54) is 37.8 Å². The number of aromatic nitrogens is 1. The highest BCUT2D eigenvalue weighted by Gasteiger charge is 2.27. The summed E-state index contributed by atoms with van der Waals surface area (Å²) in [5.74, 6) is 0. The summed E-state index contributed by atoms with van der Waals surface area (Å²) >= 11 is 0. The monoisotopic (exact) mass is 187 g/mol. The lowest BCUT2D eigenvalue weighted by Crippen LogP contribution is -2.07. The van der Waals surface area contributed by atoms with Gasteiger partial charge in [-0.2, -0.15) is 0 Å². The van der Waals surface area contributed by atoms with Crippen LogP contribution in [0.3, 0.4) is 0 Å². The first-order valence-electron chi connectivity index (χ1n) is 5.79. The average molecular weight is 187 g/mol. The van der Waals surface area contributed by atoms with Gasteiger partial charge in [0.1, 0.15) is 0 Å². The zero-order valence-corrected chi connectivity index (χ0v) is 8.79. The molecule has 74 valence electrons. The lowest BCUT2D eigenvalue weighted by molar-refractivity contribution is 0.525. The molecule has 0 saturated heterocycles. The second kappa shape index (κ2) is 3.01. The Morgan fingerprint density at radius 3 is 3.29 bits per heavy atom. The van der Waals surface area contributed by atoms with Crippen LogP contribution < -0.4 is 0 Å². The smallest absolute Gasteiger partial charge is 0.0411 e. The van der Waals surface area contributed by atoms with Crippen LogP contribution in [-0.2, 0) is 12.8 Å². The highest BCUT2D eigenvalue weighted by Crippen LogP contribution is 2.37. The van der Waals surface area contributed by atoms with Gasteiger partial charge >= 0.3 is 0 Å². The molecule has 0 bridgehead atoms. The van der Waals surface area contributed by atoms with Crippen molar-refractivity contribution in [1.82, 2.24) is 4.57 Å². The summed E-state index contributed by atoms with van der Waals surface area (Å²) in [7, 11) is 0. The Labute approximate surface area is 85.4 Å². The molecule has 0 amide bonds. The summed E-state index contributed by atoms with van der Waals surface area (Å²) in [6.45, 7) is 2.27. The van der Waals surface area contributed by atoms with Crippen LogP contribution >= 0.6 is 0 Å². The molecule has 0 spiro atoms. The van der Waals surface area contributed by atoms with E-state index in [0.717, 1.165) is 6.04 Å². The summed E-state index contributed by atoms with van der Waals surface area (Å²) in [4.78, 5) is 0. The molecule has 1 nitrogen and oxygen atoms in total. The van der Waals surface area contributed by atoms with E-state index in [2.05, 4.69) is 29.7 Å². The lowest BCUT2D eigenvalue weighted by atomic mass is 10.0. The summed E-state index contributed by atoms with van der Waals surface area (Å²) in [5.41, 5.74) is 4.70. The van der Waals surface area contributed by atoms with E-state index in [0.29, 0.717) is 0 Å². The van der Waals surface area contributed by atoms with Gasteiger partial charge in [-0.25, -0.2) is 0 Å². The minimum atomic E-state index is 0.788. The van der Waals surface area contributed by atoms with Crippen molar-refractivity contribution in [2.75, 3.05) is 0 Å². The maximum atomic E-state index is 2.59. The van der Waals surface area contributed by atoms with Crippen LogP contribution in [0.2, 0.25) is 0 Å². The maximum Gasteiger partial charge on any atom is 0.0411 e. The fourth-order valence-electron chi connectivity index (χ4n) is 2.97. The lowest BCUT2D eigenvalue weighted by Gasteiger charge is -2.17. The number of nitrogens with zero attached hydrogens (tertiary/aromatic N) is 1. The fraction of sp³-hybridized carbons (Fsp3) is 0.538. The second-order valence-corrected chi connectivity index (χ2v) is 4.49. The molecule has 0 saturated carbocycles. The van der Waals surface area contributed by atoms with Gasteiger partial charge in [-0.1, -0.05) is 19.4 Å². The van der Waals surface area contributed by atoms with Gasteiger partial charge < -0.3 is 4.57 Å². The number of rotatable bonds is 2. The SMILES string of the molecule is CCCc1cc2n3c1CC[C@H]3CC=C2. The minimum absolute atomic E-state index is 0.788. The molecule has 0 radical (unpaired) electrons. The van der Waals surface area contributed by atoms with Crippen molar-refractivity contribution in [1.29, 1.82) is 0 Å². The third-order valence-corrected chi connectivity index (χ3v) is 3.56. The Morgan fingerprint density at radius 1 is 1.50 bits per heavy atom. The van der Waals surface area contributed by atoms with Gasteiger partial charge in [0.2, 0.25) is 0 Å². The minimum Gasteiger partial charge on any atom is -0.341 e. The molecule has 14 heavy (non-hydrogen) atoms. The first kappa shape index (κ1) is 8.34. The third kappa shape index (κ3) is 1.01. The Hall–Kier alpha value is -0.980. The van der Waals surface area contributed by atoms with Gasteiger partial charge in [0.15, 0.2) is 0 Å². The Balaban J connectivity index is 2.11. The molecule has 1 heteroatoms. The second-order valence-electron chi connectivity index (χ2n) is 4.49. The molecule has 3 heterocycles. The average Bonchev–Trinajstić information content (AvgIpc) is 2.75. The highest BCUT2D eigenvalue weighted by molar-refractivity contribution is 5.53. The molecule has 2 aliphatic heterocycles. The van der Waals surface area contributed by atoms with Crippen LogP contribution in [-0.4, -0.2) is 4.57 Å². The van der Waals surface area contributed by atoms with Gasteiger partial charge in [0.25, 0.3) is 0 Å².